The zero-order valence-electron chi connectivity index (χ0n) is 7.99. The Hall–Kier alpha value is -0.350. The molecule has 76 valence electrons. The molecule has 1 aliphatic rings. The van der Waals surface area contributed by atoms with Gasteiger partial charge >= 0.3 is 0 Å². The molecule has 0 aliphatic carbocycles. The second-order valence-corrected chi connectivity index (χ2v) is 5.96. The van der Waals surface area contributed by atoms with Gasteiger partial charge < -0.3 is 5.32 Å². The first-order chi connectivity index (χ1) is 6.06. The number of sulfone groups is 1. The summed E-state index contributed by atoms with van der Waals surface area (Å²) in [5, 5.41) is 2.96. The van der Waals surface area contributed by atoms with Crippen LogP contribution in [0.1, 0.15) is 19.8 Å². The van der Waals surface area contributed by atoms with Gasteiger partial charge in [0.1, 0.15) is 0 Å². The number of rotatable bonds is 4. The van der Waals surface area contributed by atoms with Crippen molar-refractivity contribution in [1.82, 2.24) is 5.32 Å². The molecule has 0 aromatic carbocycles. The monoisotopic (exact) mass is 203 g/mol. The van der Waals surface area contributed by atoms with Crippen LogP contribution in [0.4, 0.5) is 0 Å². The van der Waals surface area contributed by atoms with Gasteiger partial charge in [-0.2, -0.15) is 0 Å². The first kappa shape index (κ1) is 10.7. The van der Waals surface area contributed by atoms with Crippen molar-refractivity contribution in [1.29, 1.82) is 0 Å². The summed E-state index contributed by atoms with van der Waals surface area (Å²) in [6.45, 7) is 6.16. The summed E-state index contributed by atoms with van der Waals surface area (Å²) in [5.41, 5.74) is 0. The second kappa shape index (κ2) is 4.24. The molecule has 1 heterocycles. The smallest absolute Gasteiger partial charge is 0.154 e. The fourth-order valence-electron chi connectivity index (χ4n) is 1.49. The van der Waals surface area contributed by atoms with E-state index in [1.165, 1.54) is 0 Å². The second-order valence-electron chi connectivity index (χ2n) is 3.56. The molecular weight excluding hydrogens is 186 g/mol. The molecule has 0 aromatic rings. The third kappa shape index (κ3) is 2.81. The number of nitrogens with one attached hydrogen (secondary N) is 1. The molecule has 0 saturated carbocycles. The highest BCUT2D eigenvalue weighted by Crippen LogP contribution is 2.19. The molecule has 1 N–H and O–H groups in total. The molecule has 1 fully saturated rings. The standard InChI is InChI=1S/C9H17NO2S/c1-3-8(2)10-7-9-5-4-6-13(9,11)12/h3,8-10H,1,4-7H2,2H3. The average Bonchev–Trinajstić information content (AvgIpc) is 2.41. The van der Waals surface area contributed by atoms with Crippen molar-refractivity contribution in [2.45, 2.75) is 31.1 Å². The Morgan fingerprint density at radius 1 is 1.69 bits per heavy atom. The Balaban J connectivity index is 2.42. The lowest BCUT2D eigenvalue weighted by molar-refractivity contribution is 0.563. The third-order valence-corrected chi connectivity index (χ3v) is 4.76. The third-order valence-electron chi connectivity index (χ3n) is 2.48. The molecule has 1 aliphatic heterocycles. The quantitative estimate of drug-likeness (QED) is 0.685. The fourth-order valence-corrected chi connectivity index (χ4v) is 3.27. The van der Waals surface area contributed by atoms with E-state index in [4.69, 9.17) is 0 Å². The van der Waals surface area contributed by atoms with E-state index >= 15 is 0 Å². The van der Waals surface area contributed by atoms with E-state index in [-0.39, 0.29) is 11.3 Å². The lowest BCUT2D eigenvalue weighted by Gasteiger charge is -2.13. The topological polar surface area (TPSA) is 46.2 Å². The van der Waals surface area contributed by atoms with Gasteiger partial charge in [0.25, 0.3) is 0 Å². The first-order valence-electron chi connectivity index (χ1n) is 4.64. The summed E-state index contributed by atoms with van der Waals surface area (Å²) < 4.78 is 22.8. The van der Waals surface area contributed by atoms with Crippen molar-refractivity contribution < 1.29 is 8.42 Å². The normalized spacial score (nSPS) is 28.5. The van der Waals surface area contributed by atoms with Gasteiger partial charge in [-0.15, -0.1) is 6.58 Å². The van der Waals surface area contributed by atoms with E-state index in [0.29, 0.717) is 12.3 Å². The summed E-state index contributed by atoms with van der Waals surface area (Å²) in [7, 11) is -2.79. The van der Waals surface area contributed by atoms with Crippen LogP contribution < -0.4 is 5.32 Å². The summed E-state index contributed by atoms with van der Waals surface area (Å²) in [5.74, 6) is 0.363. The fraction of sp³-hybridized carbons (Fsp3) is 0.778. The minimum absolute atomic E-state index is 0.171. The highest BCUT2D eigenvalue weighted by Gasteiger charge is 2.30. The van der Waals surface area contributed by atoms with Crippen LogP contribution in [0.2, 0.25) is 0 Å². The Morgan fingerprint density at radius 3 is 2.85 bits per heavy atom. The van der Waals surface area contributed by atoms with Gasteiger partial charge in [-0.3, -0.25) is 0 Å². The first-order valence-corrected chi connectivity index (χ1v) is 6.35. The average molecular weight is 203 g/mol. The predicted molar refractivity (Wildman–Crippen MR) is 54.5 cm³/mol. The Kier molecular flexibility index (Phi) is 3.50. The van der Waals surface area contributed by atoms with Gasteiger partial charge in [-0.1, -0.05) is 6.08 Å². The van der Waals surface area contributed by atoms with Gasteiger partial charge in [0.2, 0.25) is 0 Å². The summed E-state index contributed by atoms with van der Waals surface area (Å²) in [6, 6.07) is 0.191. The van der Waals surface area contributed by atoms with Crippen LogP contribution in [0.25, 0.3) is 0 Å². The van der Waals surface area contributed by atoms with E-state index in [9.17, 15) is 8.42 Å². The van der Waals surface area contributed by atoms with Gasteiger partial charge in [-0.05, 0) is 19.8 Å². The van der Waals surface area contributed by atoms with Crippen molar-refractivity contribution in [3.8, 4) is 0 Å². The van der Waals surface area contributed by atoms with Crippen molar-refractivity contribution in [2.75, 3.05) is 12.3 Å². The van der Waals surface area contributed by atoms with Crippen molar-refractivity contribution in [3.63, 3.8) is 0 Å². The van der Waals surface area contributed by atoms with Crippen LogP contribution in [-0.2, 0) is 9.84 Å². The minimum Gasteiger partial charge on any atom is -0.310 e. The van der Waals surface area contributed by atoms with Crippen LogP contribution >= 0.6 is 0 Å². The largest absolute Gasteiger partial charge is 0.310 e. The molecule has 2 unspecified atom stereocenters. The van der Waals surface area contributed by atoms with E-state index in [1.54, 1.807) is 6.08 Å². The molecular formula is C9H17NO2S. The number of hydrogen-bond acceptors (Lipinski definition) is 3. The molecule has 0 bridgehead atoms. The molecule has 3 nitrogen and oxygen atoms in total. The Morgan fingerprint density at radius 2 is 2.38 bits per heavy atom. The van der Waals surface area contributed by atoms with Crippen LogP contribution in [0.3, 0.4) is 0 Å². The molecule has 1 saturated heterocycles. The maximum Gasteiger partial charge on any atom is 0.154 e. The van der Waals surface area contributed by atoms with Crippen LogP contribution in [-0.4, -0.2) is 32.0 Å². The molecule has 0 radical (unpaired) electrons. The van der Waals surface area contributed by atoms with Crippen LogP contribution in [0.5, 0.6) is 0 Å². The lowest BCUT2D eigenvalue weighted by atomic mass is 10.2. The molecule has 4 heteroatoms. The highest BCUT2D eigenvalue weighted by molar-refractivity contribution is 7.92. The van der Waals surface area contributed by atoms with Crippen molar-refractivity contribution in [3.05, 3.63) is 12.7 Å². The van der Waals surface area contributed by atoms with E-state index < -0.39 is 9.84 Å². The lowest BCUT2D eigenvalue weighted by Crippen LogP contribution is -2.34. The van der Waals surface area contributed by atoms with Crippen LogP contribution in [0, 0.1) is 0 Å². The van der Waals surface area contributed by atoms with E-state index in [1.807, 2.05) is 6.92 Å². The maximum absolute atomic E-state index is 11.4. The van der Waals surface area contributed by atoms with Crippen molar-refractivity contribution in [2.24, 2.45) is 0 Å². The summed E-state index contributed by atoms with van der Waals surface area (Å²) in [6.07, 6.45) is 3.40. The molecule has 0 amide bonds. The summed E-state index contributed by atoms with van der Waals surface area (Å²) >= 11 is 0. The molecule has 0 spiro atoms. The Bertz CT molecular complexity index is 271. The number of hydrogen-bond donors (Lipinski definition) is 1. The van der Waals surface area contributed by atoms with Crippen molar-refractivity contribution >= 4 is 9.84 Å². The summed E-state index contributed by atoms with van der Waals surface area (Å²) in [4.78, 5) is 0. The zero-order valence-corrected chi connectivity index (χ0v) is 8.81. The predicted octanol–water partition coefficient (Wildman–Crippen LogP) is 0.728. The van der Waals surface area contributed by atoms with Gasteiger partial charge in [-0.25, -0.2) is 8.42 Å². The van der Waals surface area contributed by atoms with Gasteiger partial charge in [0.15, 0.2) is 9.84 Å². The van der Waals surface area contributed by atoms with E-state index in [2.05, 4.69) is 11.9 Å². The zero-order chi connectivity index (χ0) is 9.90. The van der Waals surface area contributed by atoms with Gasteiger partial charge in [0.05, 0.1) is 11.0 Å². The molecule has 2 atom stereocenters. The highest BCUT2D eigenvalue weighted by atomic mass is 32.2. The maximum atomic E-state index is 11.4. The van der Waals surface area contributed by atoms with Crippen LogP contribution in [0.15, 0.2) is 12.7 Å². The Labute approximate surface area is 80.1 Å². The molecule has 0 aromatic heterocycles. The van der Waals surface area contributed by atoms with E-state index in [0.717, 1.165) is 12.8 Å². The SMILES string of the molecule is C=CC(C)NCC1CCCS1(=O)=O. The molecule has 13 heavy (non-hydrogen) atoms. The minimum atomic E-state index is -2.79. The van der Waals surface area contributed by atoms with Gasteiger partial charge in [0, 0.05) is 12.6 Å². The molecule has 1 rings (SSSR count).